The Hall–Kier alpha value is -2.66. The number of anilines is 2. The molecule has 1 aliphatic carbocycles. The van der Waals surface area contributed by atoms with Crippen LogP contribution in [0, 0.1) is 18.2 Å². The van der Waals surface area contributed by atoms with Crippen molar-refractivity contribution in [2.75, 3.05) is 5.32 Å². The molecule has 0 atom stereocenters. The van der Waals surface area contributed by atoms with E-state index in [4.69, 9.17) is 16.7 Å². The highest BCUT2D eigenvalue weighted by atomic mass is 35.5. The van der Waals surface area contributed by atoms with Gasteiger partial charge in [0.2, 0.25) is 0 Å². The number of carbonyl (C=O) groups is 1. The van der Waals surface area contributed by atoms with Crippen LogP contribution in [0.25, 0.3) is 5.69 Å². The molecular formula is C22H21ClFN3O. The number of hydrogen-bond donors (Lipinski definition) is 1. The minimum Gasteiger partial charge on any atom is -0.338 e. The summed E-state index contributed by atoms with van der Waals surface area (Å²) >= 11 is 6.24. The second kappa shape index (κ2) is 6.74. The van der Waals surface area contributed by atoms with Crippen LogP contribution in [0.2, 0.25) is 5.02 Å². The number of rotatable bonds is 3. The zero-order valence-corrected chi connectivity index (χ0v) is 16.8. The molecule has 28 heavy (non-hydrogen) atoms. The van der Waals surface area contributed by atoms with E-state index in [2.05, 4.69) is 19.2 Å². The molecule has 144 valence electrons. The van der Waals surface area contributed by atoms with Gasteiger partial charge in [-0.2, -0.15) is 0 Å². The van der Waals surface area contributed by atoms with Crippen LogP contribution in [-0.2, 0) is 6.42 Å². The van der Waals surface area contributed by atoms with Crippen molar-refractivity contribution < 1.29 is 9.18 Å². The summed E-state index contributed by atoms with van der Waals surface area (Å²) in [5, 5.41) is 8.63. The summed E-state index contributed by atoms with van der Waals surface area (Å²) in [5.74, 6) is 0.251. The van der Waals surface area contributed by atoms with Gasteiger partial charge in [-0.25, -0.2) is 9.07 Å². The van der Waals surface area contributed by atoms with E-state index in [0.29, 0.717) is 29.2 Å². The van der Waals surface area contributed by atoms with E-state index in [1.807, 2.05) is 25.1 Å². The quantitative estimate of drug-likeness (QED) is 0.601. The second-order valence-corrected chi connectivity index (χ2v) is 8.44. The van der Waals surface area contributed by atoms with Crippen LogP contribution in [0.15, 0.2) is 42.5 Å². The summed E-state index contributed by atoms with van der Waals surface area (Å²) in [4.78, 5) is 13.0. The van der Waals surface area contributed by atoms with E-state index in [9.17, 15) is 9.18 Å². The van der Waals surface area contributed by atoms with Crippen molar-refractivity contribution in [1.82, 2.24) is 9.78 Å². The van der Waals surface area contributed by atoms with Gasteiger partial charge in [0.1, 0.15) is 5.82 Å². The summed E-state index contributed by atoms with van der Waals surface area (Å²) in [6.07, 6.45) is 1.16. The number of ketones is 1. The van der Waals surface area contributed by atoms with Crippen LogP contribution in [0.1, 0.15) is 41.9 Å². The van der Waals surface area contributed by atoms with E-state index in [0.717, 1.165) is 22.6 Å². The number of nitrogens with zero attached hydrogens (tertiary/aromatic N) is 2. The van der Waals surface area contributed by atoms with E-state index < -0.39 is 0 Å². The first-order chi connectivity index (χ1) is 13.2. The fourth-order valence-corrected chi connectivity index (χ4v) is 3.88. The summed E-state index contributed by atoms with van der Waals surface area (Å²) < 4.78 is 15.1. The van der Waals surface area contributed by atoms with Crippen molar-refractivity contribution in [2.24, 2.45) is 5.41 Å². The van der Waals surface area contributed by atoms with E-state index in [-0.39, 0.29) is 17.0 Å². The van der Waals surface area contributed by atoms with Crippen LogP contribution in [0.3, 0.4) is 0 Å². The third-order valence-electron chi connectivity index (χ3n) is 5.14. The summed E-state index contributed by atoms with van der Waals surface area (Å²) in [7, 11) is 0. The molecule has 2 aromatic carbocycles. The predicted octanol–water partition coefficient (Wildman–Crippen LogP) is 5.87. The fourth-order valence-electron chi connectivity index (χ4n) is 3.70. The molecule has 1 aromatic heterocycles. The first-order valence-electron chi connectivity index (χ1n) is 9.18. The molecule has 4 rings (SSSR count). The summed E-state index contributed by atoms with van der Waals surface area (Å²) in [5.41, 5.74) is 3.69. The van der Waals surface area contributed by atoms with Gasteiger partial charge in [-0.1, -0.05) is 31.5 Å². The average Bonchev–Trinajstić information content (AvgIpc) is 2.97. The van der Waals surface area contributed by atoms with Crippen molar-refractivity contribution in [3.05, 3.63) is 70.1 Å². The Bertz CT molecular complexity index is 1070. The maximum atomic E-state index is 13.4. The molecule has 0 bridgehead atoms. The third-order valence-corrected chi connectivity index (χ3v) is 5.55. The normalized spacial score (nSPS) is 15.4. The number of carbonyl (C=O) groups excluding carboxylic acids is 1. The molecule has 3 aromatic rings. The molecule has 0 saturated carbocycles. The number of aromatic nitrogens is 2. The van der Waals surface area contributed by atoms with Gasteiger partial charge >= 0.3 is 0 Å². The standard InChI is InChI=1S/C22H21ClFN3O/c1-13-16(23)5-4-6-17(13)25-21-20-18(11-22(2,3)12-19(20)28)27(26-21)15-9-7-14(24)8-10-15/h4-10H,11-12H2,1-3H3,(H,25,26). The highest BCUT2D eigenvalue weighted by molar-refractivity contribution is 6.31. The number of Topliss-reactive ketones (excluding diaryl/α,β-unsaturated/α-hetero) is 1. The first kappa shape index (κ1) is 18.7. The molecule has 0 radical (unpaired) electrons. The first-order valence-corrected chi connectivity index (χ1v) is 9.56. The highest BCUT2D eigenvalue weighted by Gasteiger charge is 2.37. The van der Waals surface area contributed by atoms with Gasteiger partial charge in [-0.15, -0.1) is 5.10 Å². The van der Waals surface area contributed by atoms with Crippen molar-refractivity contribution in [3.63, 3.8) is 0 Å². The lowest BCUT2D eigenvalue weighted by Gasteiger charge is -2.29. The lowest BCUT2D eigenvalue weighted by molar-refractivity contribution is 0.0912. The molecule has 4 nitrogen and oxygen atoms in total. The lowest BCUT2D eigenvalue weighted by atomic mass is 9.76. The third kappa shape index (κ3) is 3.31. The fraction of sp³-hybridized carbons (Fsp3) is 0.273. The van der Waals surface area contributed by atoms with Gasteiger partial charge in [0, 0.05) is 17.1 Å². The molecular weight excluding hydrogens is 377 g/mol. The van der Waals surface area contributed by atoms with Gasteiger partial charge in [0.25, 0.3) is 0 Å². The predicted molar refractivity (Wildman–Crippen MR) is 109 cm³/mol. The molecule has 0 aliphatic heterocycles. The molecule has 6 heteroatoms. The minimum atomic E-state index is -0.311. The second-order valence-electron chi connectivity index (χ2n) is 8.04. The van der Waals surface area contributed by atoms with Gasteiger partial charge in [0.15, 0.2) is 11.6 Å². The Labute approximate surface area is 168 Å². The van der Waals surface area contributed by atoms with Gasteiger partial charge in [0.05, 0.1) is 16.9 Å². The summed E-state index contributed by atoms with van der Waals surface area (Å²) in [6.45, 7) is 6.06. The van der Waals surface area contributed by atoms with Crippen LogP contribution in [-0.4, -0.2) is 15.6 Å². The Kier molecular flexibility index (Phi) is 4.50. The van der Waals surface area contributed by atoms with Crippen molar-refractivity contribution in [3.8, 4) is 5.69 Å². The number of nitrogens with one attached hydrogen (secondary N) is 1. The zero-order valence-electron chi connectivity index (χ0n) is 16.0. The Morgan fingerprint density at radius 2 is 1.86 bits per heavy atom. The van der Waals surface area contributed by atoms with Gasteiger partial charge in [-0.3, -0.25) is 4.79 Å². The molecule has 1 aliphatic rings. The zero-order chi connectivity index (χ0) is 20.1. The van der Waals surface area contributed by atoms with Gasteiger partial charge in [-0.05, 0) is 60.7 Å². The maximum absolute atomic E-state index is 13.4. The lowest BCUT2D eigenvalue weighted by Crippen LogP contribution is -2.28. The topological polar surface area (TPSA) is 46.9 Å². The molecule has 0 saturated heterocycles. The smallest absolute Gasteiger partial charge is 0.169 e. The van der Waals surface area contributed by atoms with Crippen molar-refractivity contribution >= 4 is 28.9 Å². The molecule has 0 spiro atoms. The van der Waals surface area contributed by atoms with Crippen LogP contribution >= 0.6 is 11.6 Å². The summed E-state index contributed by atoms with van der Waals surface area (Å²) in [6, 6.07) is 11.7. The Morgan fingerprint density at radius 1 is 1.14 bits per heavy atom. The largest absolute Gasteiger partial charge is 0.338 e. The van der Waals surface area contributed by atoms with E-state index in [1.165, 1.54) is 12.1 Å². The molecule has 0 unspecified atom stereocenters. The number of halogens is 2. The Morgan fingerprint density at radius 3 is 2.57 bits per heavy atom. The minimum absolute atomic E-state index is 0.0572. The number of hydrogen-bond acceptors (Lipinski definition) is 3. The molecule has 0 fully saturated rings. The maximum Gasteiger partial charge on any atom is 0.169 e. The Balaban J connectivity index is 1.87. The number of fused-ring (bicyclic) bond motifs is 1. The van der Waals surface area contributed by atoms with Crippen molar-refractivity contribution in [1.29, 1.82) is 0 Å². The highest BCUT2D eigenvalue weighted by Crippen LogP contribution is 2.40. The van der Waals surface area contributed by atoms with Gasteiger partial charge < -0.3 is 5.32 Å². The SMILES string of the molecule is Cc1c(Cl)cccc1Nc1nn(-c2ccc(F)cc2)c2c1C(=O)CC(C)(C)C2. The van der Waals surface area contributed by atoms with Crippen LogP contribution < -0.4 is 5.32 Å². The number of benzene rings is 2. The van der Waals surface area contributed by atoms with E-state index in [1.54, 1.807) is 16.8 Å². The molecule has 1 heterocycles. The van der Waals surface area contributed by atoms with Crippen LogP contribution in [0.4, 0.5) is 15.9 Å². The monoisotopic (exact) mass is 397 g/mol. The molecule has 0 amide bonds. The van der Waals surface area contributed by atoms with Crippen LogP contribution in [0.5, 0.6) is 0 Å². The molecule has 1 N–H and O–H groups in total. The van der Waals surface area contributed by atoms with E-state index >= 15 is 0 Å². The van der Waals surface area contributed by atoms with Crippen molar-refractivity contribution in [2.45, 2.75) is 33.6 Å². The average molecular weight is 398 g/mol.